The average molecular weight is 272 g/mol. The van der Waals surface area contributed by atoms with Gasteiger partial charge in [-0.3, -0.25) is 4.79 Å². The van der Waals surface area contributed by atoms with E-state index in [0.29, 0.717) is 19.6 Å². The van der Waals surface area contributed by atoms with Crippen LogP contribution in [0.15, 0.2) is 0 Å². The molecule has 19 heavy (non-hydrogen) atoms. The van der Waals surface area contributed by atoms with Crippen LogP contribution in [0.2, 0.25) is 0 Å². The Hall–Kier alpha value is -1.30. The summed E-state index contributed by atoms with van der Waals surface area (Å²) in [6, 6.07) is -0.00355. The molecule has 1 heterocycles. The van der Waals surface area contributed by atoms with Crippen molar-refractivity contribution in [3.63, 3.8) is 0 Å². The van der Waals surface area contributed by atoms with Crippen molar-refractivity contribution in [2.75, 3.05) is 19.8 Å². The summed E-state index contributed by atoms with van der Waals surface area (Å²) < 4.78 is 5.32. The number of ether oxygens (including phenoxy) is 1. The van der Waals surface area contributed by atoms with Crippen molar-refractivity contribution in [1.29, 1.82) is 0 Å². The van der Waals surface area contributed by atoms with Crippen molar-refractivity contribution >= 4 is 12.0 Å². The zero-order valence-corrected chi connectivity index (χ0v) is 11.7. The zero-order valence-electron chi connectivity index (χ0n) is 11.7. The van der Waals surface area contributed by atoms with Gasteiger partial charge in [-0.1, -0.05) is 0 Å². The molecule has 2 amide bonds. The number of aliphatic carboxylic acids is 1. The Morgan fingerprint density at radius 1 is 1.47 bits per heavy atom. The summed E-state index contributed by atoms with van der Waals surface area (Å²) in [5.74, 6) is -0.829. The molecule has 1 unspecified atom stereocenters. The minimum absolute atomic E-state index is 0.0540. The van der Waals surface area contributed by atoms with Gasteiger partial charge in [0, 0.05) is 25.6 Å². The fourth-order valence-electron chi connectivity index (χ4n) is 2.11. The number of hydrogen-bond donors (Lipinski definition) is 2. The summed E-state index contributed by atoms with van der Waals surface area (Å²) >= 11 is 0. The molecule has 0 radical (unpaired) electrons. The van der Waals surface area contributed by atoms with Gasteiger partial charge in [-0.05, 0) is 33.1 Å². The molecule has 1 fully saturated rings. The molecule has 0 aromatic heterocycles. The van der Waals surface area contributed by atoms with Gasteiger partial charge in [0.25, 0.3) is 0 Å². The van der Waals surface area contributed by atoms with Crippen LogP contribution in [0.25, 0.3) is 0 Å². The van der Waals surface area contributed by atoms with Crippen molar-refractivity contribution < 1.29 is 19.4 Å². The highest BCUT2D eigenvalue weighted by Crippen LogP contribution is 2.08. The number of hydrogen-bond acceptors (Lipinski definition) is 3. The third-order valence-corrected chi connectivity index (χ3v) is 3.16. The summed E-state index contributed by atoms with van der Waals surface area (Å²) in [6.07, 6.45) is 2.46. The predicted molar refractivity (Wildman–Crippen MR) is 71.1 cm³/mol. The van der Waals surface area contributed by atoms with Crippen LogP contribution in [0.1, 0.15) is 39.5 Å². The first-order chi connectivity index (χ1) is 9.00. The maximum Gasteiger partial charge on any atom is 0.317 e. The zero-order chi connectivity index (χ0) is 14.3. The summed E-state index contributed by atoms with van der Waals surface area (Å²) in [5.41, 5.74) is 0. The van der Waals surface area contributed by atoms with Crippen LogP contribution >= 0.6 is 0 Å². The monoisotopic (exact) mass is 272 g/mol. The second-order valence-corrected chi connectivity index (χ2v) is 5.15. The molecule has 0 bridgehead atoms. The highest BCUT2D eigenvalue weighted by molar-refractivity contribution is 5.75. The lowest BCUT2D eigenvalue weighted by molar-refractivity contribution is -0.137. The van der Waals surface area contributed by atoms with Crippen LogP contribution in [-0.2, 0) is 9.53 Å². The molecule has 6 heteroatoms. The van der Waals surface area contributed by atoms with E-state index in [0.717, 1.165) is 19.4 Å². The molecule has 0 aromatic rings. The largest absolute Gasteiger partial charge is 0.481 e. The Morgan fingerprint density at radius 3 is 2.74 bits per heavy atom. The normalized spacial score (nSPS) is 19.2. The van der Waals surface area contributed by atoms with Gasteiger partial charge in [0.05, 0.1) is 12.6 Å². The highest BCUT2D eigenvalue weighted by atomic mass is 16.5. The second kappa shape index (κ2) is 7.99. The Morgan fingerprint density at radius 2 is 2.21 bits per heavy atom. The number of nitrogens with one attached hydrogen (secondary N) is 1. The van der Waals surface area contributed by atoms with Crippen LogP contribution in [0.4, 0.5) is 4.79 Å². The van der Waals surface area contributed by atoms with E-state index in [4.69, 9.17) is 9.84 Å². The summed E-state index contributed by atoms with van der Waals surface area (Å²) in [4.78, 5) is 24.3. The van der Waals surface area contributed by atoms with Gasteiger partial charge in [0.15, 0.2) is 0 Å². The van der Waals surface area contributed by atoms with Crippen molar-refractivity contribution in [2.24, 2.45) is 0 Å². The van der Waals surface area contributed by atoms with Crippen LogP contribution in [-0.4, -0.2) is 53.8 Å². The van der Waals surface area contributed by atoms with Crippen LogP contribution < -0.4 is 5.32 Å². The van der Waals surface area contributed by atoms with E-state index < -0.39 is 5.97 Å². The maximum atomic E-state index is 12.1. The number of nitrogens with zero attached hydrogens (tertiary/aromatic N) is 1. The molecule has 1 atom stereocenters. The fourth-order valence-corrected chi connectivity index (χ4v) is 2.11. The van der Waals surface area contributed by atoms with E-state index in [1.807, 2.05) is 13.8 Å². The molecule has 1 rings (SSSR count). The topological polar surface area (TPSA) is 78.9 Å². The van der Waals surface area contributed by atoms with Crippen LogP contribution in [0.3, 0.4) is 0 Å². The first-order valence-electron chi connectivity index (χ1n) is 6.87. The van der Waals surface area contributed by atoms with Gasteiger partial charge in [-0.15, -0.1) is 0 Å². The third-order valence-electron chi connectivity index (χ3n) is 3.16. The Kier molecular flexibility index (Phi) is 6.62. The summed E-state index contributed by atoms with van der Waals surface area (Å²) in [6.45, 7) is 5.64. The smallest absolute Gasteiger partial charge is 0.317 e. The molecular weight excluding hydrogens is 248 g/mol. The Balaban J connectivity index is 2.40. The molecule has 0 saturated carbocycles. The first kappa shape index (κ1) is 15.8. The van der Waals surface area contributed by atoms with Crippen LogP contribution in [0.5, 0.6) is 0 Å². The second-order valence-electron chi connectivity index (χ2n) is 5.15. The molecule has 1 saturated heterocycles. The van der Waals surface area contributed by atoms with E-state index in [2.05, 4.69) is 5.32 Å². The molecule has 0 aromatic carbocycles. The third kappa shape index (κ3) is 5.92. The van der Waals surface area contributed by atoms with Crippen molar-refractivity contribution in [2.45, 2.75) is 51.6 Å². The average Bonchev–Trinajstić information content (AvgIpc) is 2.35. The molecule has 2 N–H and O–H groups in total. The van der Waals surface area contributed by atoms with Gasteiger partial charge in [-0.2, -0.15) is 0 Å². The minimum atomic E-state index is -0.829. The summed E-state index contributed by atoms with van der Waals surface area (Å²) in [7, 11) is 0. The molecular formula is C13H24N2O4. The lowest BCUT2D eigenvalue weighted by Crippen LogP contribution is -2.50. The number of carbonyl (C=O) groups is 2. The molecule has 1 aliphatic rings. The van der Waals surface area contributed by atoms with E-state index in [9.17, 15) is 9.59 Å². The van der Waals surface area contributed by atoms with Crippen LogP contribution in [0, 0.1) is 0 Å². The number of carbonyl (C=O) groups excluding carboxylic acids is 1. The lowest BCUT2D eigenvalue weighted by atomic mass is 10.1. The minimum Gasteiger partial charge on any atom is -0.481 e. The first-order valence-corrected chi connectivity index (χ1v) is 6.87. The Labute approximate surface area is 114 Å². The molecule has 110 valence electrons. The molecule has 6 nitrogen and oxygen atoms in total. The maximum absolute atomic E-state index is 12.1. The standard InChI is InChI=1S/C13H24N2O4/c1-10(2)15(7-3-6-12(16)17)13(18)14-11-5-4-8-19-9-11/h10-11H,3-9H2,1-2H3,(H,14,18)(H,16,17). The number of rotatable bonds is 6. The molecule has 0 aliphatic carbocycles. The van der Waals surface area contributed by atoms with Gasteiger partial charge in [-0.25, -0.2) is 4.79 Å². The van der Waals surface area contributed by atoms with E-state index in [1.165, 1.54) is 0 Å². The lowest BCUT2D eigenvalue weighted by Gasteiger charge is -2.30. The van der Waals surface area contributed by atoms with Crippen molar-refractivity contribution in [3.05, 3.63) is 0 Å². The highest BCUT2D eigenvalue weighted by Gasteiger charge is 2.21. The van der Waals surface area contributed by atoms with Crippen molar-refractivity contribution in [3.8, 4) is 0 Å². The van der Waals surface area contributed by atoms with Gasteiger partial charge >= 0.3 is 12.0 Å². The number of amides is 2. The van der Waals surface area contributed by atoms with Gasteiger partial charge in [0.1, 0.15) is 0 Å². The van der Waals surface area contributed by atoms with Gasteiger partial charge in [0.2, 0.25) is 0 Å². The SMILES string of the molecule is CC(C)N(CCCC(=O)O)C(=O)NC1CCCOC1. The molecule has 1 aliphatic heterocycles. The number of urea groups is 1. The van der Waals surface area contributed by atoms with E-state index in [1.54, 1.807) is 4.90 Å². The van der Waals surface area contributed by atoms with E-state index >= 15 is 0 Å². The van der Waals surface area contributed by atoms with Crippen molar-refractivity contribution in [1.82, 2.24) is 10.2 Å². The number of carboxylic acid groups (broad SMARTS) is 1. The Bertz CT molecular complexity index is 301. The van der Waals surface area contributed by atoms with Gasteiger partial charge < -0.3 is 20.1 Å². The number of carboxylic acids is 1. The predicted octanol–water partition coefficient (Wildman–Crippen LogP) is 1.45. The quantitative estimate of drug-likeness (QED) is 0.767. The fraction of sp³-hybridized carbons (Fsp3) is 0.846. The van der Waals surface area contributed by atoms with E-state index in [-0.39, 0.29) is 24.5 Å². The summed E-state index contributed by atoms with van der Waals surface area (Å²) in [5, 5.41) is 11.6. The molecule has 0 spiro atoms.